The molecule has 168 valence electrons. The van der Waals surface area contributed by atoms with E-state index in [2.05, 4.69) is 36.4 Å². The van der Waals surface area contributed by atoms with Crippen LogP contribution in [0.2, 0.25) is 4.34 Å². The Balaban J connectivity index is 1.46. The van der Waals surface area contributed by atoms with Crippen LogP contribution in [0.1, 0.15) is 29.9 Å². The SMILES string of the molecule is CCC(C)N(C)CCNc1ccc(N2CC(CNC(=O)c3ccc(Cl)s3)OC2=O)cc1. The molecule has 9 heteroatoms. The molecule has 0 radical (unpaired) electrons. The van der Waals surface area contributed by atoms with Crippen LogP contribution in [0, 0.1) is 0 Å². The van der Waals surface area contributed by atoms with E-state index in [0.717, 1.165) is 30.9 Å². The van der Waals surface area contributed by atoms with E-state index in [-0.39, 0.29) is 12.5 Å². The number of likely N-dealkylation sites (N-methyl/N-ethyl adjacent to an activating group) is 1. The lowest BCUT2D eigenvalue weighted by Gasteiger charge is -2.23. The van der Waals surface area contributed by atoms with Crippen LogP contribution >= 0.6 is 22.9 Å². The molecule has 0 spiro atoms. The number of nitrogens with zero attached hydrogens (tertiary/aromatic N) is 2. The van der Waals surface area contributed by atoms with Gasteiger partial charge < -0.3 is 20.3 Å². The number of benzene rings is 1. The molecule has 2 aromatic rings. The second-order valence-electron chi connectivity index (χ2n) is 7.64. The maximum absolute atomic E-state index is 12.3. The highest BCUT2D eigenvalue weighted by Gasteiger charge is 2.32. The van der Waals surface area contributed by atoms with Crippen LogP contribution in [0.5, 0.6) is 0 Å². The van der Waals surface area contributed by atoms with Gasteiger partial charge in [0.25, 0.3) is 5.91 Å². The maximum atomic E-state index is 12.3. The number of hydrogen-bond acceptors (Lipinski definition) is 6. The van der Waals surface area contributed by atoms with Crippen molar-refractivity contribution in [2.45, 2.75) is 32.4 Å². The Morgan fingerprint density at radius 2 is 2.06 bits per heavy atom. The van der Waals surface area contributed by atoms with Gasteiger partial charge in [-0.25, -0.2) is 4.79 Å². The molecular formula is C22H29ClN4O3S. The Morgan fingerprint density at radius 1 is 1.32 bits per heavy atom. The normalized spacial score (nSPS) is 17.0. The van der Waals surface area contributed by atoms with Gasteiger partial charge in [-0.15, -0.1) is 11.3 Å². The summed E-state index contributed by atoms with van der Waals surface area (Å²) in [5.41, 5.74) is 1.78. The first-order chi connectivity index (χ1) is 14.9. The fourth-order valence-electron chi connectivity index (χ4n) is 3.24. The van der Waals surface area contributed by atoms with E-state index in [1.54, 1.807) is 17.0 Å². The summed E-state index contributed by atoms with van der Waals surface area (Å²) in [5, 5.41) is 6.21. The average Bonchev–Trinajstić information content (AvgIpc) is 3.37. The van der Waals surface area contributed by atoms with Crippen molar-refractivity contribution < 1.29 is 14.3 Å². The van der Waals surface area contributed by atoms with Gasteiger partial charge in [-0.2, -0.15) is 0 Å². The maximum Gasteiger partial charge on any atom is 0.414 e. The van der Waals surface area contributed by atoms with Crippen LogP contribution in [0.4, 0.5) is 16.2 Å². The third kappa shape index (κ3) is 6.35. The van der Waals surface area contributed by atoms with Gasteiger partial charge in [-0.3, -0.25) is 9.69 Å². The van der Waals surface area contributed by atoms with Crippen LogP contribution in [-0.2, 0) is 4.74 Å². The standard InChI is InChI=1S/C22H29ClN4O3S/c1-4-15(2)26(3)12-11-24-16-5-7-17(8-6-16)27-14-18(30-22(27)29)13-25-21(28)19-9-10-20(23)31-19/h5-10,15,18,24H,4,11-14H2,1-3H3,(H,25,28). The Kier molecular flexibility index (Phi) is 8.17. The van der Waals surface area contributed by atoms with Crippen LogP contribution in [0.25, 0.3) is 0 Å². The monoisotopic (exact) mass is 464 g/mol. The Morgan fingerprint density at radius 3 is 2.71 bits per heavy atom. The largest absolute Gasteiger partial charge is 0.442 e. The van der Waals surface area contributed by atoms with Gasteiger partial charge in [0.05, 0.1) is 22.3 Å². The quantitative estimate of drug-likeness (QED) is 0.548. The molecule has 1 fully saturated rings. The number of amides is 2. The zero-order valence-corrected chi connectivity index (χ0v) is 19.6. The zero-order valence-electron chi connectivity index (χ0n) is 18.1. The van der Waals surface area contributed by atoms with Gasteiger partial charge in [0.15, 0.2) is 0 Å². The molecule has 1 aliphatic rings. The van der Waals surface area contributed by atoms with Crippen molar-refractivity contribution in [3.05, 3.63) is 45.6 Å². The van der Waals surface area contributed by atoms with E-state index in [0.29, 0.717) is 21.8 Å². The van der Waals surface area contributed by atoms with Gasteiger partial charge in [-0.1, -0.05) is 18.5 Å². The lowest BCUT2D eigenvalue weighted by atomic mass is 10.2. The highest BCUT2D eigenvalue weighted by molar-refractivity contribution is 7.18. The molecule has 1 saturated heterocycles. The summed E-state index contributed by atoms with van der Waals surface area (Å²) in [7, 11) is 2.13. The van der Waals surface area contributed by atoms with Crippen LogP contribution in [-0.4, -0.2) is 62.3 Å². The molecule has 1 aromatic heterocycles. The highest BCUT2D eigenvalue weighted by atomic mass is 35.5. The Bertz CT molecular complexity index is 889. The van der Waals surface area contributed by atoms with E-state index in [1.165, 1.54) is 11.3 Å². The molecule has 2 atom stereocenters. The molecule has 2 amide bonds. The third-order valence-electron chi connectivity index (χ3n) is 5.48. The van der Waals surface area contributed by atoms with Crippen molar-refractivity contribution in [1.82, 2.24) is 10.2 Å². The summed E-state index contributed by atoms with van der Waals surface area (Å²) in [4.78, 5) is 28.9. The number of ether oxygens (including phenoxy) is 1. The molecule has 0 saturated carbocycles. The summed E-state index contributed by atoms with van der Waals surface area (Å²) in [6.45, 7) is 6.86. The smallest absolute Gasteiger partial charge is 0.414 e. The molecule has 1 aliphatic heterocycles. The van der Waals surface area contributed by atoms with Gasteiger partial charge in [0, 0.05) is 30.5 Å². The number of carbonyl (C=O) groups excluding carboxylic acids is 2. The fraction of sp³-hybridized carbons (Fsp3) is 0.455. The van der Waals surface area contributed by atoms with Crippen molar-refractivity contribution >= 4 is 46.3 Å². The number of carbonyl (C=O) groups is 2. The van der Waals surface area contributed by atoms with Gasteiger partial charge in [0.1, 0.15) is 6.10 Å². The van der Waals surface area contributed by atoms with Gasteiger partial charge in [0.2, 0.25) is 0 Å². The fourth-order valence-corrected chi connectivity index (χ4v) is 4.20. The zero-order chi connectivity index (χ0) is 22.4. The number of hydrogen-bond donors (Lipinski definition) is 2. The number of thiophene rings is 1. The predicted octanol–water partition coefficient (Wildman–Crippen LogP) is 4.30. The van der Waals surface area contributed by atoms with Crippen molar-refractivity contribution in [3.8, 4) is 0 Å². The molecule has 1 aromatic carbocycles. The second kappa shape index (κ2) is 10.8. The highest BCUT2D eigenvalue weighted by Crippen LogP contribution is 2.24. The minimum Gasteiger partial charge on any atom is -0.442 e. The van der Waals surface area contributed by atoms with Gasteiger partial charge >= 0.3 is 6.09 Å². The molecule has 2 N–H and O–H groups in total. The summed E-state index contributed by atoms with van der Waals surface area (Å²) >= 11 is 7.08. The topological polar surface area (TPSA) is 73.9 Å². The Hall–Kier alpha value is -2.29. The van der Waals surface area contributed by atoms with Crippen LogP contribution in [0.15, 0.2) is 36.4 Å². The number of cyclic esters (lactones) is 1. The van der Waals surface area contributed by atoms with Crippen molar-refractivity contribution in [2.75, 3.05) is 43.4 Å². The van der Waals surface area contributed by atoms with E-state index in [1.807, 2.05) is 24.3 Å². The average molecular weight is 465 g/mol. The van der Waals surface area contributed by atoms with E-state index >= 15 is 0 Å². The lowest BCUT2D eigenvalue weighted by molar-refractivity contribution is 0.0920. The summed E-state index contributed by atoms with van der Waals surface area (Å²) in [6, 6.07) is 11.6. The molecule has 31 heavy (non-hydrogen) atoms. The lowest BCUT2D eigenvalue weighted by Crippen LogP contribution is -2.34. The molecule has 0 aliphatic carbocycles. The summed E-state index contributed by atoms with van der Waals surface area (Å²) in [5.74, 6) is -0.221. The number of rotatable bonds is 10. The van der Waals surface area contributed by atoms with E-state index in [4.69, 9.17) is 16.3 Å². The molecular weight excluding hydrogens is 436 g/mol. The molecule has 2 unspecified atom stereocenters. The van der Waals surface area contributed by atoms with E-state index < -0.39 is 12.2 Å². The number of halogens is 1. The number of nitrogens with one attached hydrogen (secondary N) is 2. The van der Waals surface area contributed by atoms with Crippen molar-refractivity contribution in [2.24, 2.45) is 0 Å². The first kappa shape index (κ1) is 23.4. The first-order valence-electron chi connectivity index (χ1n) is 10.4. The number of anilines is 2. The minimum atomic E-state index is -0.408. The summed E-state index contributed by atoms with van der Waals surface area (Å²) < 4.78 is 5.96. The molecule has 2 heterocycles. The Labute approximate surface area is 192 Å². The van der Waals surface area contributed by atoms with Crippen LogP contribution in [0.3, 0.4) is 0 Å². The van der Waals surface area contributed by atoms with Crippen LogP contribution < -0.4 is 15.5 Å². The molecule has 0 bridgehead atoms. The second-order valence-corrected chi connectivity index (χ2v) is 9.36. The third-order valence-corrected chi connectivity index (χ3v) is 6.71. The molecule has 3 rings (SSSR count). The molecule has 7 nitrogen and oxygen atoms in total. The predicted molar refractivity (Wildman–Crippen MR) is 127 cm³/mol. The van der Waals surface area contributed by atoms with Crippen molar-refractivity contribution in [3.63, 3.8) is 0 Å². The van der Waals surface area contributed by atoms with Crippen molar-refractivity contribution in [1.29, 1.82) is 0 Å². The van der Waals surface area contributed by atoms with Gasteiger partial charge in [-0.05, 0) is 56.8 Å². The summed E-state index contributed by atoms with van der Waals surface area (Å²) in [6.07, 6.45) is 0.319. The minimum absolute atomic E-state index is 0.221. The van der Waals surface area contributed by atoms with E-state index in [9.17, 15) is 9.59 Å². The first-order valence-corrected chi connectivity index (χ1v) is 11.6.